The molecule has 148 valence electrons. The maximum absolute atomic E-state index is 13.4. The summed E-state index contributed by atoms with van der Waals surface area (Å²) < 4.78 is 5.26. The Balaban J connectivity index is 1.56. The molecule has 2 saturated heterocycles. The molecule has 0 saturated carbocycles. The maximum atomic E-state index is 13.4. The number of hydrogen-bond acceptors (Lipinski definition) is 3. The highest BCUT2D eigenvalue weighted by atomic mass is 32.2. The number of nitrogens with zero attached hydrogens (tertiary/aromatic N) is 2. The molecule has 28 heavy (non-hydrogen) atoms. The van der Waals surface area contributed by atoms with E-state index in [1.807, 2.05) is 36.0 Å². The zero-order chi connectivity index (χ0) is 19.3. The molecule has 4 nitrogen and oxygen atoms in total. The van der Waals surface area contributed by atoms with Crippen molar-refractivity contribution < 1.29 is 9.53 Å². The van der Waals surface area contributed by atoms with Crippen molar-refractivity contribution in [3.8, 4) is 0 Å². The van der Waals surface area contributed by atoms with Crippen molar-refractivity contribution in [2.45, 2.75) is 43.3 Å². The zero-order valence-corrected chi connectivity index (χ0v) is 17.2. The van der Waals surface area contributed by atoms with Gasteiger partial charge in [0.05, 0.1) is 12.1 Å². The van der Waals surface area contributed by atoms with Crippen molar-refractivity contribution in [1.29, 1.82) is 0 Å². The zero-order valence-electron chi connectivity index (χ0n) is 16.4. The number of amides is 2. The summed E-state index contributed by atoms with van der Waals surface area (Å²) in [6.45, 7) is 2.17. The summed E-state index contributed by atoms with van der Waals surface area (Å²) in [4.78, 5) is 17.7. The van der Waals surface area contributed by atoms with Gasteiger partial charge in [-0.15, -0.1) is 0 Å². The lowest BCUT2D eigenvalue weighted by atomic mass is 10.0. The highest BCUT2D eigenvalue weighted by Crippen LogP contribution is 2.42. The molecule has 2 heterocycles. The highest BCUT2D eigenvalue weighted by molar-refractivity contribution is 8.00. The number of hydrogen-bond donors (Lipinski definition) is 0. The van der Waals surface area contributed by atoms with Crippen molar-refractivity contribution in [3.05, 3.63) is 71.8 Å². The standard InChI is InChI=1S/C23H28N2O2S/c1-27-14-8-13-21-22-20(17-28-21)24(15-18-9-4-2-5-10-18)23(26)25(22)16-19-11-6-3-7-12-19/h2-7,9-12,20-22H,8,13-17H2,1H3/t20-,21-,22-/m0/s1. The van der Waals surface area contributed by atoms with Gasteiger partial charge in [0.2, 0.25) is 0 Å². The van der Waals surface area contributed by atoms with Gasteiger partial charge in [-0.05, 0) is 24.0 Å². The third-order valence-electron chi connectivity index (χ3n) is 5.74. The largest absolute Gasteiger partial charge is 0.385 e. The van der Waals surface area contributed by atoms with Crippen LogP contribution in [0.2, 0.25) is 0 Å². The second-order valence-corrected chi connectivity index (χ2v) is 8.85. The van der Waals surface area contributed by atoms with Gasteiger partial charge in [-0.2, -0.15) is 11.8 Å². The third kappa shape index (κ3) is 4.06. The van der Waals surface area contributed by atoms with E-state index in [1.54, 1.807) is 7.11 Å². The number of urea groups is 1. The first-order valence-electron chi connectivity index (χ1n) is 10.0. The van der Waals surface area contributed by atoms with E-state index in [4.69, 9.17) is 4.74 Å². The first-order valence-corrected chi connectivity index (χ1v) is 11.1. The normalized spacial score (nSPS) is 24.0. The van der Waals surface area contributed by atoms with Crippen LogP contribution in [0.25, 0.3) is 0 Å². The molecule has 2 aromatic rings. The summed E-state index contributed by atoms with van der Waals surface area (Å²) in [5.74, 6) is 1.02. The molecule has 5 heteroatoms. The lowest BCUT2D eigenvalue weighted by Crippen LogP contribution is -2.40. The Kier molecular flexibility index (Phi) is 6.23. The first kappa shape index (κ1) is 19.3. The van der Waals surface area contributed by atoms with Crippen LogP contribution in [0.3, 0.4) is 0 Å². The van der Waals surface area contributed by atoms with Gasteiger partial charge in [-0.25, -0.2) is 4.79 Å². The fourth-order valence-corrected chi connectivity index (χ4v) is 6.07. The predicted octanol–water partition coefficient (Wildman–Crippen LogP) is 4.40. The smallest absolute Gasteiger partial charge is 0.321 e. The summed E-state index contributed by atoms with van der Waals surface area (Å²) in [6.07, 6.45) is 2.14. The molecule has 0 bridgehead atoms. The minimum Gasteiger partial charge on any atom is -0.385 e. The van der Waals surface area contributed by atoms with Crippen molar-refractivity contribution in [3.63, 3.8) is 0 Å². The molecule has 0 spiro atoms. The van der Waals surface area contributed by atoms with E-state index in [0.717, 1.165) is 25.2 Å². The van der Waals surface area contributed by atoms with Crippen LogP contribution in [0.5, 0.6) is 0 Å². The van der Waals surface area contributed by atoms with Gasteiger partial charge in [-0.1, -0.05) is 60.7 Å². The van der Waals surface area contributed by atoms with Gasteiger partial charge in [-0.3, -0.25) is 0 Å². The van der Waals surface area contributed by atoms with Crippen LogP contribution in [0, 0.1) is 0 Å². The van der Waals surface area contributed by atoms with E-state index < -0.39 is 0 Å². The van der Waals surface area contributed by atoms with Crippen LogP contribution in [0.4, 0.5) is 4.79 Å². The first-order chi connectivity index (χ1) is 13.8. The second-order valence-electron chi connectivity index (χ2n) is 7.57. The van der Waals surface area contributed by atoms with Crippen LogP contribution in [-0.2, 0) is 17.8 Å². The number of ether oxygens (including phenoxy) is 1. The number of carbonyl (C=O) groups is 1. The molecule has 0 aliphatic carbocycles. The van der Waals surface area contributed by atoms with E-state index in [0.29, 0.717) is 18.3 Å². The number of rotatable bonds is 8. The maximum Gasteiger partial charge on any atom is 0.321 e. The average Bonchev–Trinajstić information content (AvgIpc) is 3.24. The molecule has 2 aliphatic heterocycles. The van der Waals surface area contributed by atoms with Crippen molar-refractivity contribution in [1.82, 2.24) is 9.80 Å². The van der Waals surface area contributed by atoms with Crippen LogP contribution in [0.15, 0.2) is 60.7 Å². The molecule has 0 radical (unpaired) electrons. The lowest BCUT2D eigenvalue weighted by Gasteiger charge is -2.27. The minimum absolute atomic E-state index is 0.180. The van der Waals surface area contributed by atoms with Crippen LogP contribution in [-0.4, -0.2) is 52.6 Å². The Hall–Kier alpha value is -1.98. The average molecular weight is 397 g/mol. The van der Waals surface area contributed by atoms with Crippen LogP contribution >= 0.6 is 11.8 Å². The highest BCUT2D eigenvalue weighted by Gasteiger charge is 2.52. The van der Waals surface area contributed by atoms with Gasteiger partial charge in [0.25, 0.3) is 0 Å². The number of thioether (sulfide) groups is 1. The Morgan fingerprint density at radius 3 is 2.18 bits per heavy atom. The molecular weight excluding hydrogens is 368 g/mol. The molecular formula is C23H28N2O2S. The summed E-state index contributed by atoms with van der Waals surface area (Å²) in [7, 11) is 1.76. The van der Waals surface area contributed by atoms with Gasteiger partial charge in [0.1, 0.15) is 0 Å². The molecule has 0 N–H and O–H groups in total. The Labute approximate surface area is 171 Å². The van der Waals surface area contributed by atoms with Gasteiger partial charge in [0.15, 0.2) is 0 Å². The Morgan fingerprint density at radius 1 is 0.964 bits per heavy atom. The number of carbonyl (C=O) groups excluding carboxylic acids is 1. The van der Waals surface area contributed by atoms with Gasteiger partial charge < -0.3 is 14.5 Å². The summed E-state index contributed by atoms with van der Waals surface area (Å²) in [6, 6.07) is 21.4. The number of methoxy groups -OCH3 is 1. The SMILES string of the molecule is COCCC[C@@H]1SC[C@H]2[C@@H]1N(Cc1ccccc1)C(=O)N2Cc1ccccc1. The fraction of sp³-hybridized carbons (Fsp3) is 0.435. The lowest BCUT2D eigenvalue weighted by molar-refractivity contribution is 0.177. The van der Waals surface area contributed by atoms with Crippen molar-refractivity contribution in [2.75, 3.05) is 19.5 Å². The quantitative estimate of drug-likeness (QED) is 0.490. The molecule has 3 atom stereocenters. The third-order valence-corrected chi connectivity index (χ3v) is 7.21. The Bertz CT molecular complexity index is 771. The molecule has 2 aliphatic rings. The monoisotopic (exact) mass is 396 g/mol. The van der Waals surface area contributed by atoms with Crippen molar-refractivity contribution in [2.24, 2.45) is 0 Å². The van der Waals surface area contributed by atoms with E-state index >= 15 is 0 Å². The van der Waals surface area contributed by atoms with E-state index in [2.05, 4.69) is 46.2 Å². The molecule has 2 fully saturated rings. The summed E-state index contributed by atoms with van der Waals surface area (Å²) in [5.41, 5.74) is 2.40. The van der Waals surface area contributed by atoms with E-state index in [9.17, 15) is 4.79 Å². The molecule has 2 amide bonds. The topological polar surface area (TPSA) is 32.8 Å². The Morgan fingerprint density at radius 2 is 1.57 bits per heavy atom. The molecule has 0 unspecified atom stereocenters. The van der Waals surface area contributed by atoms with Crippen molar-refractivity contribution >= 4 is 17.8 Å². The summed E-state index contributed by atoms with van der Waals surface area (Å²) in [5, 5.41) is 0.480. The number of benzene rings is 2. The second kappa shape index (κ2) is 9.01. The van der Waals surface area contributed by atoms with Gasteiger partial charge in [0, 0.05) is 37.8 Å². The summed E-state index contributed by atoms with van der Waals surface area (Å²) >= 11 is 2.02. The van der Waals surface area contributed by atoms with Crippen LogP contribution < -0.4 is 0 Å². The van der Waals surface area contributed by atoms with E-state index in [-0.39, 0.29) is 18.1 Å². The van der Waals surface area contributed by atoms with Crippen LogP contribution in [0.1, 0.15) is 24.0 Å². The fourth-order valence-electron chi connectivity index (χ4n) is 4.39. The number of fused-ring (bicyclic) bond motifs is 1. The molecule has 4 rings (SSSR count). The molecule has 0 aromatic heterocycles. The molecule has 2 aromatic carbocycles. The minimum atomic E-state index is 0.180. The van der Waals surface area contributed by atoms with Gasteiger partial charge >= 0.3 is 6.03 Å². The predicted molar refractivity (Wildman–Crippen MR) is 114 cm³/mol. The van der Waals surface area contributed by atoms with E-state index in [1.165, 1.54) is 11.1 Å².